The molecule has 90 valence electrons. The highest BCUT2D eigenvalue weighted by Crippen LogP contribution is 2.37. The van der Waals surface area contributed by atoms with Crippen LogP contribution in [0.5, 0.6) is 0 Å². The molecule has 1 aromatic rings. The minimum atomic E-state index is -3.29. The van der Waals surface area contributed by atoms with E-state index in [1.807, 2.05) is 0 Å². The SMILES string of the molecule is CC1CCN(c2snc(N)c2S(C)(=O)=O)C1. The molecule has 0 bridgehead atoms. The molecule has 1 aromatic heterocycles. The Kier molecular flexibility index (Phi) is 2.83. The fourth-order valence-corrected chi connectivity index (χ4v) is 4.19. The Morgan fingerprint density at radius 1 is 1.56 bits per heavy atom. The average Bonchev–Trinajstić information content (AvgIpc) is 2.70. The molecule has 1 atom stereocenters. The van der Waals surface area contributed by atoms with E-state index in [4.69, 9.17) is 5.73 Å². The normalized spacial score (nSPS) is 21.6. The maximum absolute atomic E-state index is 11.6. The standard InChI is InChI=1S/C9H15N3O2S2/c1-6-3-4-12(5-6)9-7(16(2,13)14)8(10)11-15-9/h6H,3-5H2,1-2H3,(H2,10,11). The second-order valence-corrected chi connectivity index (χ2v) is 7.02. The van der Waals surface area contributed by atoms with Gasteiger partial charge in [-0.2, -0.15) is 4.37 Å². The lowest BCUT2D eigenvalue weighted by atomic mass is 10.2. The number of nitrogens with two attached hydrogens (primary N) is 1. The van der Waals surface area contributed by atoms with Crippen LogP contribution in [-0.2, 0) is 9.84 Å². The number of hydrogen-bond donors (Lipinski definition) is 1. The summed E-state index contributed by atoms with van der Waals surface area (Å²) in [6.45, 7) is 3.92. The monoisotopic (exact) mass is 261 g/mol. The van der Waals surface area contributed by atoms with Gasteiger partial charge in [0.05, 0.1) is 0 Å². The Bertz CT molecular complexity index is 495. The Labute approximate surface area is 99.3 Å². The predicted octanol–water partition coefficient (Wildman–Crippen LogP) is 0.975. The Morgan fingerprint density at radius 3 is 2.75 bits per heavy atom. The number of rotatable bonds is 2. The molecule has 2 rings (SSSR count). The van der Waals surface area contributed by atoms with Gasteiger partial charge in [-0.05, 0) is 23.9 Å². The Morgan fingerprint density at radius 2 is 2.25 bits per heavy atom. The van der Waals surface area contributed by atoms with Gasteiger partial charge in [-0.1, -0.05) is 6.92 Å². The molecular weight excluding hydrogens is 246 g/mol. The van der Waals surface area contributed by atoms with Crippen LogP contribution in [0.4, 0.5) is 10.8 Å². The molecule has 1 unspecified atom stereocenters. The fraction of sp³-hybridized carbons (Fsp3) is 0.667. The van der Waals surface area contributed by atoms with Crippen LogP contribution in [0.1, 0.15) is 13.3 Å². The Balaban J connectivity index is 2.43. The van der Waals surface area contributed by atoms with E-state index in [2.05, 4.69) is 16.2 Å². The van der Waals surface area contributed by atoms with Crippen LogP contribution in [0.3, 0.4) is 0 Å². The lowest BCUT2D eigenvalue weighted by Gasteiger charge is -2.16. The fourth-order valence-electron chi connectivity index (χ4n) is 1.95. The minimum absolute atomic E-state index is 0.127. The van der Waals surface area contributed by atoms with Crippen LogP contribution in [0.15, 0.2) is 4.90 Å². The van der Waals surface area contributed by atoms with E-state index >= 15 is 0 Å². The topological polar surface area (TPSA) is 76.3 Å². The number of nitrogen functional groups attached to an aromatic ring is 1. The second kappa shape index (κ2) is 3.89. The van der Waals surface area contributed by atoms with E-state index in [-0.39, 0.29) is 10.7 Å². The summed E-state index contributed by atoms with van der Waals surface area (Å²) in [5, 5.41) is 0.698. The van der Waals surface area contributed by atoms with E-state index < -0.39 is 9.84 Å². The minimum Gasteiger partial charge on any atom is -0.382 e. The van der Waals surface area contributed by atoms with Gasteiger partial charge in [0, 0.05) is 19.3 Å². The summed E-state index contributed by atoms with van der Waals surface area (Å²) in [6.07, 6.45) is 2.26. The van der Waals surface area contributed by atoms with E-state index in [1.165, 1.54) is 17.8 Å². The van der Waals surface area contributed by atoms with Crippen molar-refractivity contribution < 1.29 is 8.42 Å². The van der Waals surface area contributed by atoms with Crippen molar-refractivity contribution in [3.63, 3.8) is 0 Å². The van der Waals surface area contributed by atoms with E-state index in [0.29, 0.717) is 10.9 Å². The van der Waals surface area contributed by atoms with Crippen LogP contribution in [-0.4, -0.2) is 32.1 Å². The molecule has 5 nitrogen and oxygen atoms in total. The summed E-state index contributed by atoms with van der Waals surface area (Å²) in [6, 6.07) is 0. The van der Waals surface area contributed by atoms with Crippen molar-refractivity contribution in [2.75, 3.05) is 30.0 Å². The summed E-state index contributed by atoms with van der Waals surface area (Å²) in [4.78, 5) is 2.27. The molecule has 0 aliphatic carbocycles. The molecule has 0 amide bonds. The van der Waals surface area contributed by atoms with Crippen molar-refractivity contribution in [1.82, 2.24) is 4.37 Å². The molecule has 1 fully saturated rings. The molecule has 0 radical (unpaired) electrons. The van der Waals surface area contributed by atoms with Crippen LogP contribution < -0.4 is 10.6 Å². The van der Waals surface area contributed by atoms with Crippen molar-refractivity contribution in [3.8, 4) is 0 Å². The van der Waals surface area contributed by atoms with Gasteiger partial charge in [0.25, 0.3) is 0 Å². The van der Waals surface area contributed by atoms with Gasteiger partial charge in [0.2, 0.25) is 0 Å². The molecule has 2 heterocycles. The molecule has 0 saturated carbocycles. The van der Waals surface area contributed by atoms with Gasteiger partial charge in [0.15, 0.2) is 15.7 Å². The van der Waals surface area contributed by atoms with Gasteiger partial charge in [-0.3, -0.25) is 0 Å². The number of hydrogen-bond acceptors (Lipinski definition) is 6. The van der Waals surface area contributed by atoms with Crippen molar-refractivity contribution in [3.05, 3.63) is 0 Å². The van der Waals surface area contributed by atoms with Crippen molar-refractivity contribution >= 4 is 32.2 Å². The van der Waals surface area contributed by atoms with Gasteiger partial charge < -0.3 is 10.6 Å². The number of aromatic nitrogens is 1. The maximum Gasteiger partial charge on any atom is 0.182 e. The summed E-state index contributed by atoms with van der Waals surface area (Å²) in [5.41, 5.74) is 5.62. The zero-order chi connectivity index (χ0) is 11.9. The summed E-state index contributed by atoms with van der Waals surface area (Å²) in [5.74, 6) is 0.720. The first-order valence-corrected chi connectivity index (χ1v) is 7.76. The highest BCUT2D eigenvalue weighted by atomic mass is 32.2. The summed E-state index contributed by atoms with van der Waals surface area (Å²) in [7, 11) is -3.29. The molecule has 1 aliphatic rings. The smallest absolute Gasteiger partial charge is 0.182 e. The molecule has 7 heteroatoms. The molecule has 0 aromatic carbocycles. The predicted molar refractivity (Wildman–Crippen MR) is 65.6 cm³/mol. The Hall–Kier alpha value is -0.820. The quantitative estimate of drug-likeness (QED) is 0.858. The lowest BCUT2D eigenvalue weighted by molar-refractivity contribution is 0.602. The zero-order valence-corrected chi connectivity index (χ0v) is 10.9. The third kappa shape index (κ3) is 2.01. The largest absolute Gasteiger partial charge is 0.382 e. The third-order valence-corrected chi connectivity index (χ3v) is 4.94. The van der Waals surface area contributed by atoms with Gasteiger partial charge in [-0.15, -0.1) is 0 Å². The van der Waals surface area contributed by atoms with E-state index in [1.54, 1.807) is 0 Å². The van der Waals surface area contributed by atoms with Gasteiger partial charge in [-0.25, -0.2) is 8.42 Å². The van der Waals surface area contributed by atoms with Crippen LogP contribution in [0.2, 0.25) is 0 Å². The first-order valence-electron chi connectivity index (χ1n) is 5.09. The highest BCUT2D eigenvalue weighted by Gasteiger charge is 2.28. The number of anilines is 2. The van der Waals surface area contributed by atoms with Crippen LogP contribution >= 0.6 is 11.5 Å². The first kappa shape index (κ1) is 11.7. The van der Waals surface area contributed by atoms with Gasteiger partial charge >= 0.3 is 0 Å². The molecule has 1 saturated heterocycles. The second-order valence-electron chi connectivity index (χ2n) is 4.31. The summed E-state index contributed by atoms with van der Waals surface area (Å²) < 4.78 is 27.2. The first-order chi connectivity index (χ1) is 7.39. The average molecular weight is 261 g/mol. The molecule has 0 spiro atoms. The van der Waals surface area contributed by atoms with E-state index in [9.17, 15) is 8.42 Å². The molecule has 1 aliphatic heterocycles. The third-order valence-electron chi connectivity index (χ3n) is 2.74. The van der Waals surface area contributed by atoms with Crippen LogP contribution in [0.25, 0.3) is 0 Å². The van der Waals surface area contributed by atoms with Crippen molar-refractivity contribution in [1.29, 1.82) is 0 Å². The van der Waals surface area contributed by atoms with Gasteiger partial charge in [0.1, 0.15) is 9.90 Å². The lowest BCUT2D eigenvalue weighted by Crippen LogP contribution is -2.20. The number of nitrogens with zero attached hydrogens (tertiary/aromatic N) is 2. The molecular formula is C9H15N3O2S2. The number of sulfone groups is 1. The zero-order valence-electron chi connectivity index (χ0n) is 9.30. The van der Waals surface area contributed by atoms with E-state index in [0.717, 1.165) is 19.5 Å². The maximum atomic E-state index is 11.6. The molecule has 16 heavy (non-hydrogen) atoms. The highest BCUT2D eigenvalue weighted by molar-refractivity contribution is 7.91. The molecule has 2 N–H and O–H groups in total. The van der Waals surface area contributed by atoms with Crippen molar-refractivity contribution in [2.45, 2.75) is 18.2 Å². The van der Waals surface area contributed by atoms with Crippen molar-refractivity contribution in [2.24, 2.45) is 5.92 Å². The van der Waals surface area contributed by atoms with Crippen LogP contribution in [0, 0.1) is 5.92 Å². The summed E-state index contributed by atoms with van der Waals surface area (Å²) >= 11 is 1.17.